The van der Waals surface area contributed by atoms with Crippen LogP contribution in [0, 0.1) is 5.82 Å². The van der Waals surface area contributed by atoms with Crippen LogP contribution in [0.5, 0.6) is 0 Å². The van der Waals surface area contributed by atoms with E-state index < -0.39 is 17.8 Å². The fourth-order valence-corrected chi connectivity index (χ4v) is 2.53. The molecule has 3 rings (SSSR count). The van der Waals surface area contributed by atoms with E-state index in [0.29, 0.717) is 17.9 Å². The second-order valence-electron chi connectivity index (χ2n) is 5.49. The summed E-state index contributed by atoms with van der Waals surface area (Å²) >= 11 is 0. The van der Waals surface area contributed by atoms with E-state index in [-0.39, 0.29) is 0 Å². The average Bonchev–Trinajstić information content (AvgIpc) is 2.86. The maximum atomic E-state index is 13.5. The number of nitrogens with zero attached hydrogens (tertiary/aromatic N) is 3. The summed E-state index contributed by atoms with van der Waals surface area (Å²) in [6, 6.07) is 5.73. The highest BCUT2D eigenvalue weighted by atomic mass is 19.3. The van der Waals surface area contributed by atoms with Gasteiger partial charge in [-0.2, -0.15) is 5.10 Å². The molecule has 0 aliphatic carbocycles. The molecule has 0 atom stereocenters. The summed E-state index contributed by atoms with van der Waals surface area (Å²) in [5, 5.41) is 7.54. The van der Waals surface area contributed by atoms with Crippen molar-refractivity contribution in [3.05, 3.63) is 46.9 Å². The van der Waals surface area contributed by atoms with E-state index in [0.717, 1.165) is 37.5 Å². The van der Waals surface area contributed by atoms with E-state index in [1.807, 2.05) is 10.7 Å². The van der Waals surface area contributed by atoms with Crippen molar-refractivity contribution in [2.75, 3.05) is 18.9 Å². The van der Waals surface area contributed by atoms with Gasteiger partial charge in [-0.15, -0.1) is 0 Å². The normalized spacial score (nSPS) is 15.1. The maximum Gasteiger partial charge on any atom is 0.266 e. The van der Waals surface area contributed by atoms with Crippen molar-refractivity contribution in [3.8, 4) is 0 Å². The van der Waals surface area contributed by atoms with Gasteiger partial charge in [-0.25, -0.2) is 13.2 Å². The first kappa shape index (κ1) is 14.9. The Morgan fingerprint density at radius 3 is 2.82 bits per heavy atom. The monoisotopic (exact) mass is 310 g/mol. The number of halogens is 3. The van der Waals surface area contributed by atoms with Gasteiger partial charge in [-0.05, 0) is 18.7 Å². The minimum absolute atomic E-state index is 0.340. The third-order valence-corrected chi connectivity index (χ3v) is 3.76. The number of anilines is 1. The lowest BCUT2D eigenvalue weighted by molar-refractivity contribution is 0.146. The van der Waals surface area contributed by atoms with Crippen molar-refractivity contribution in [1.29, 1.82) is 0 Å². The lowest BCUT2D eigenvalue weighted by Crippen LogP contribution is -2.30. The van der Waals surface area contributed by atoms with E-state index in [4.69, 9.17) is 0 Å². The van der Waals surface area contributed by atoms with Gasteiger partial charge >= 0.3 is 0 Å². The first-order chi connectivity index (χ1) is 10.5. The fourth-order valence-electron chi connectivity index (χ4n) is 2.53. The van der Waals surface area contributed by atoms with Crippen LogP contribution in [0.2, 0.25) is 0 Å². The van der Waals surface area contributed by atoms with Gasteiger partial charge in [0.2, 0.25) is 0 Å². The number of benzene rings is 1. The zero-order valence-electron chi connectivity index (χ0n) is 12.2. The van der Waals surface area contributed by atoms with Gasteiger partial charge in [-0.3, -0.25) is 9.58 Å². The molecule has 1 aliphatic rings. The molecular weight excluding hydrogens is 293 g/mol. The van der Waals surface area contributed by atoms with Crippen molar-refractivity contribution in [2.45, 2.75) is 26.1 Å². The summed E-state index contributed by atoms with van der Waals surface area (Å²) in [4.78, 5) is 2.21. The highest BCUT2D eigenvalue weighted by Crippen LogP contribution is 2.23. The van der Waals surface area contributed by atoms with Crippen LogP contribution >= 0.6 is 0 Å². The van der Waals surface area contributed by atoms with Crippen LogP contribution in [0.25, 0.3) is 0 Å². The molecule has 1 aromatic heterocycles. The molecule has 1 aromatic carbocycles. The third-order valence-electron chi connectivity index (χ3n) is 3.76. The van der Waals surface area contributed by atoms with Gasteiger partial charge in [0.15, 0.2) is 0 Å². The van der Waals surface area contributed by atoms with E-state index in [1.54, 1.807) is 0 Å². The number of hydrogen-bond donors (Lipinski definition) is 1. The number of hydrogen-bond acceptors (Lipinski definition) is 3. The Morgan fingerprint density at radius 2 is 2.09 bits per heavy atom. The number of nitrogens with one attached hydrogen (secondary N) is 1. The molecule has 0 bridgehead atoms. The van der Waals surface area contributed by atoms with Crippen molar-refractivity contribution in [2.24, 2.45) is 0 Å². The van der Waals surface area contributed by atoms with Gasteiger partial charge in [-0.1, -0.05) is 12.1 Å². The molecule has 1 N–H and O–H groups in total. The Hall–Kier alpha value is -2.02. The second-order valence-corrected chi connectivity index (χ2v) is 5.49. The Labute approximate surface area is 126 Å². The quantitative estimate of drug-likeness (QED) is 0.942. The Balaban J connectivity index is 1.67. The first-order valence-electron chi connectivity index (χ1n) is 7.08. The molecular formula is C15H17F3N4. The molecule has 0 fully saturated rings. The number of likely N-dealkylation sites (N-methyl/N-ethyl adjacent to an activating group) is 1. The van der Waals surface area contributed by atoms with Gasteiger partial charge in [0, 0.05) is 25.7 Å². The summed E-state index contributed by atoms with van der Waals surface area (Å²) in [5.74, 6) is -0.163. The average molecular weight is 310 g/mol. The summed E-state index contributed by atoms with van der Waals surface area (Å²) in [6.07, 6.45) is -2.79. The van der Waals surface area contributed by atoms with Gasteiger partial charge in [0.25, 0.3) is 6.43 Å². The molecule has 4 nitrogen and oxygen atoms in total. The molecule has 0 saturated carbocycles. The Morgan fingerprint density at radius 1 is 1.27 bits per heavy atom. The largest absolute Gasteiger partial charge is 0.365 e. The van der Waals surface area contributed by atoms with Crippen LogP contribution in [0.15, 0.2) is 24.3 Å². The zero-order chi connectivity index (χ0) is 15.7. The Kier molecular flexibility index (Phi) is 4.06. The lowest BCUT2D eigenvalue weighted by Gasteiger charge is -2.22. The minimum atomic E-state index is -2.79. The molecule has 22 heavy (non-hydrogen) atoms. The number of fused-ring (bicyclic) bond motifs is 1. The molecule has 0 saturated heterocycles. The summed E-state index contributed by atoms with van der Waals surface area (Å²) in [6.45, 7) is 2.97. The van der Waals surface area contributed by atoms with Gasteiger partial charge in [0.1, 0.15) is 11.6 Å². The van der Waals surface area contributed by atoms with Crippen LogP contribution in [-0.4, -0.2) is 28.3 Å². The highest BCUT2D eigenvalue weighted by molar-refractivity contribution is 5.38. The maximum absolute atomic E-state index is 13.5. The van der Waals surface area contributed by atoms with E-state index in [1.165, 1.54) is 6.07 Å². The molecule has 2 aromatic rings. The number of alkyl halides is 2. The van der Waals surface area contributed by atoms with Crippen molar-refractivity contribution in [3.63, 3.8) is 0 Å². The zero-order valence-corrected chi connectivity index (χ0v) is 12.2. The van der Waals surface area contributed by atoms with Crippen LogP contribution in [0.4, 0.5) is 19.0 Å². The lowest BCUT2D eigenvalue weighted by atomic mass is 10.1. The molecule has 0 radical (unpaired) electrons. The SMILES string of the molecule is CN1CCn2nc(NCc3ccc(C(F)F)c(F)c3)cc2C1. The third kappa shape index (κ3) is 3.09. The van der Waals surface area contributed by atoms with Crippen LogP contribution < -0.4 is 5.32 Å². The molecule has 0 spiro atoms. The smallest absolute Gasteiger partial charge is 0.266 e. The summed E-state index contributed by atoms with van der Waals surface area (Å²) < 4.78 is 40.5. The topological polar surface area (TPSA) is 33.1 Å². The van der Waals surface area contributed by atoms with Crippen LogP contribution in [0.1, 0.15) is 23.2 Å². The van der Waals surface area contributed by atoms with Crippen LogP contribution in [-0.2, 0) is 19.6 Å². The summed E-state index contributed by atoms with van der Waals surface area (Å²) in [7, 11) is 2.05. The second kappa shape index (κ2) is 6.00. The van der Waals surface area contributed by atoms with Crippen LogP contribution in [0.3, 0.4) is 0 Å². The Bertz CT molecular complexity index is 669. The predicted molar refractivity (Wildman–Crippen MR) is 77.2 cm³/mol. The van der Waals surface area contributed by atoms with E-state index >= 15 is 0 Å². The molecule has 1 aliphatic heterocycles. The van der Waals surface area contributed by atoms with Crippen molar-refractivity contribution < 1.29 is 13.2 Å². The number of aromatic nitrogens is 2. The number of rotatable bonds is 4. The molecule has 2 heterocycles. The van der Waals surface area contributed by atoms with Gasteiger partial charge in [0.05, 0.1) is 17.8 Å². The van der Waals surface area contributed by atoms with E-state index in [9.17, 15) is 13.2 Å². The minimum Gasteiger partial charge on any atom is -0.365 e. The fraction of sp³-hybridized carbons (Fsp3) is 0.400. The molecule has 7 heteroatoms. The summed E-state index contributed by atoms with van der Waals surface area (Å²) in [5.41, 5.74) is 1.16. The van der Waals surface area contributed by atoms with Gasteiger partial charge < -0.3 is 5.32 Å². The van der Waals surface area contributed by atoms with Crippen molar-refractivity contribution >= 4 is 5.82 Å². The molecule has 118 valence electrons. The molecule has 0 unspecified atom stereocenters. The standard InChI is InChI=1S/C15H17F3N4/c1-21-4-5-22-11(9-21)7-14(20-22)19-8-10-2-3-12(15(17)18)13(16)6-10/h2-3,6-7,15H,4-5,8-9H2,1H3,(H,19,20). The first-order valence-corrected chi connectivity index (χ1v) is 7.08. The predicted octanol–water partition coefficient (Wildman–Crippen LogP) is 3.02. The highest BCUT2D eigenvalue weighted by Gasteiger charge is 2.16. The van der Waals surface area contributed by atoms with Crippen molar-refractivity contribution in [1.82, 2.24) is 14.7 Å². The molecule has 0 amide bonds. The van der Waals surface area contributed by atoms with E-state index in [2.05, 4.69) is 22.4 Å².